The van der Waals surface area contributed by atoms with Crippen LogP contribution in [0.15, 0.2) is 24.3 Å². The minimum atomic E-state index is -0.148. The number of aromatic nitrogens is 3. The number of H-pyrrole nitrogens is 2. The number of anilines is 1. The van der Waals surface area contributed by atoms with Crippen LogP contribution in [0.4, 0.5) is 5.69 Å². The predicted octanol–water partition coefficient (Wildman–Crippen LogP) is 3.28. The molecule has 0 spiro atoms. The molecule has 1 aliphatic carbocycles. The molecule has 1 aliphatic heterocycles. The van der Waals surface area contributed by atoms with Crippen molar-refractivity contribution in [1.29, 1.82) is 0 Å². The first-order valence-corrected chi connectivity index (χ1v) is 11.5. The molecular formula is C25H31N5O3. The maximum atomic E-state index is 12.9. The van der Waals surface area contributed by atoms with Crippen LogP contribution in [0, 0.1) is 5.41 Å². The molecule has 33 heavy (non-hydrogen) atoms. The van der Waals surface area contributed by atoms with Gasteiger partial charge < -0.3 is 19.5 Å². The predicted molar refractivity (Wildman–Crippen MR) is 127 cm³/mol. The minimum absolute atomic E-state index is 0.0347. The topological polar surface area (TPSA) is 94.3 Å². The van der Waals surface area contributed by atoms with Crippen LogP contribution in [0.5, 0.6) is 0 Å². The fraction of sp³-hybridized carbons (Fsp3) is 0.480. The Morgan fingerprint density at radius 1 is 1.33 bits per heavy atom. The molecule has 174 valence electrons. The van der Waals surface area contributed by atoms with Crippen LogP contribution in [-0.2, 0) is 27.2 Å². The highest BCUT2D eigenvalue weighted by Gasteiger charge is 2.30. The fourth-order valence-electron chi connectivity index (χ4n) is 4.90. The fourth-order valence-corrected chi connectivity index (χ4v) is 4.90. The Morgan fingerprint density at radius 3 is 2.94 bits per heavy atom. The number of amides is 2. The van der Waals surface area contributed by atoms with Gasteiger partial charge in [0.25, 0.3) is 0 Å². The van der Waals surface area contributed by atoms with Gasteiger partial charge in [-0.2, -0.15) is 5.10 Å². The zero-order chi connectivity index (χ0) is 23.3. The van der Waals surface area contributed by atoms with Gasteiger partial charge >= 0.3 is 0 Å². The molecule has 2 aromatic heterocycles. The molecule has 0 bridgehead atoms. The number of rotatable bonds is 4. The van der Waals surface area contributed by atoms with Gasteiger partial charge in [-0.05, 0) is 49.8 Å². The molecular weight excluding hydrogens is 418 g/mol. The molecule has 2 amide bonds. The second kappa shape index (κ2) is 8.02. The quantitative estimate of drug-likeness (QED) is 0.639. The Labute approximate surface area is 193 Å². The van der Waals surface area contributed by atoms with Crippen molar-refractivity contribution >= 4 is 28.4 Å². The third kappa shape index (κ3) is 4.04. The lowest BCUT2D eigenvalue weighted by Gasteiger charge is -2.33. The number of carbonyl (C=O) groups excluding carboxylic acids is 2. The summed E-state index contributed by atoms with van der Waals surface area (Å²) in [4.78, 5) is 31.7. The van der Waals surface area contributed by atoms with Crippen molar-refractivity contribution in [3.05, 3.63) is 35.5 Å². The van der Waals surface area contributed by atoms with Gasteiger partial charge in [0.05, 0.1) is 18.3 Å². The van der Waals surface area contributed by atoms with E-state index in [0.717, 1.165) is 47.2 Å². The number of morpholine rings is 1. The van der Waals surface area contributed by atoms with Crippen molar-refractivity contribution < 1.29 is 14.3 Å². The molecule has 0 radical (unpaired) electrons. The van der Waals surface area contributed by atoms with Crippen molar-refractivity contribution in [1.82, 2.24) is 20.1 Å². The van der Waals surface area contributed by atoms with E-state index >= 15 is 0 Å². The molecule has 3 aromatic rings. The lowest BCUT2D eigenvalue weighted by Crippen LogP contribution is -2.52. The molecule has 5 rings (SSSR count). The van der Waals surface area contributed by atoms with Gasteiger partial charge in [0, 0.05) is 34.9 Å². The van der Waals surface area contributed by atoms with Crippen LogP contribution in [0.1, 0.15) is 38.4 Å². The first kappa shape index (κ1) is 21.7. The van der Waals surface area contributed by atoms with E-state index in [4.69, 9.17) is 4.74 Å². The van der Waals surface area contributed by atoms with E-state index in [2.05, 4.69) is 35.1 Å². The Balaban J connectivity index is 1.37. The zero-order valence-corrected chi connectivity index (χ0v) is 19.7. The minimum Gasteiger partial charge on any atom is -0.370 e. The third-order valence-corrected chi connectivity index (χ3v) is 7.03. The molecule has 1 saturated heterocycles. The average molecular weight is 450 g/mol. The van der Waals surface area contributed by atoms with Crippen molar-refractivity contribution in [2.45, 2.75) is 46.1 Å². The van der Waals surface area contributed by atoms with Crippen LogP contribution in [0.2, 0.25) is 0 Å². The highest BCUT2D eigenvalue weighted by Crippen LogP contribution is 2.38. The molecule has 8 heteroatoms. The number of fused-ring (bicyclic) bond motifs is 2. The van der Waals surface area contributed by atoms with Crippen LogP contribution >= 0.6 is 0 Å². The summed E-state index contributed by atoms with van der Waals surface area (Å²) in [6.07, 6.45) is 3.18. The molecule has 1 atom stereocenters. The van der Waals surface area contributed by atoms with E-state index in [1.54, 1.807) is 16.8 Å². The Hall–Kier alpha value is -3.13. The van der Waals surface area contributed by atoms with Gasteiger partial charge in [0.1, 0.15) is 18.8 Å². The summed E-state index contributed by atoms with van der Waals surface area (Å²) in [7, 11) is 1.74. The van der Waals surface area contributed by atoms with Gasteiger partial charge in [-0.25, -0.2) is 0 Å². The Morgan fingerprint density at radius 2 is 2.15 bits per heavy atom. The Kier molecular flexibility index (Phi) is 5.28. The first-order valence-electron chi connectivity index (χ1n) is 11.5. The molecule has 1 aromatic carbocycles. The van der Waals surface area contributed by atoms with Crippen molar-refractivity contribution in [3.8, 4) is 11.4 Å². The van der Waals surface area contributed by atoms with Gasteiger partial charge in [-0.1, -0.05) is 19.9 Å². The molecule has 2 N–H and O–H groups in total. The van der Waals surface area contributed by atoms with E-state index < -0.39 is 0 Å². The number of carbonyl (C=O) groups is 2. The first-order chi connectivity index (χ1) is 15.7. The van der Waals surface area contributed by atoms with E-state index in [1.165, 1.54) is 11.3 Å². The SMILES string of the molecule is C[C@@H]1COCC(=O)N1CC(=O)N(C)c1ccc2cc(-c3n[nH]c4c3CCC(C)(C)C4)[nH]c2c1. The van der Waals surface area contributed by atoms with E-state index in [0.29, 0.717) is 12.0 Å². The highest BCUT2D eigenvalue weighted by atomic mass is 16.5. The van der Waals surface area contributed by atoms with Crippen LogP contribution in [0.25, 0.3) is 22.3 Å². The number of benzene rings is 1. The smallest absolute Gasteiger partial charge is 0.249 e. The van der Waals surface area contributed by atoms with E-state index in [1.807, 2.05) is 25.1 Å². The van der Waals surface area contributed by atoms with E-state index in [9.17, 15) is 9.59 Å². The number of nitrogens with zero attached hydrogens (tertiary/aromatic N) is 3. The normalized spacial score (nSPS) is 20.2. The standard InChI is InChI=1S/C25H31N5O3/c1-15-13-33-14-23(32)30(15)12-22(31)29(4)17-6-5-16-9-20(26-19(16)10-17)24-18-7-8-25(2,3)11-21(18)27-28-24/h5-6,9-10,15,26H,7-8,11-14H2,1-4H3,(H,27,28)/t15-/m1/s1. The second-order valence-electron chi connectivity index (χ2n) is 10.2. The average Bonchev–Trinajstić information content (AvgIpc) is 3.37. The van der Waals surface area contributed by atoms with Gasteiger partial charge in [-0.15, -0.1) is 0 Å². The van der Waals surface area contributed by atoms with Crippen molar-refractivity contribution in [2.75, 3.05) is 31.7 Å². The zero-order valence-electron chi connectivity index (χ0n) is 19.7. The highest BCUT2D eigenvalue weighted by molar-refractivity contribution is 5.98. The molecule has 3 heterocycles. The molecule has 1 fully saturated rings. The lowest BCUT2D eigenvalue weighted by atomic mass is 9.76. The largest absolute Gasteiger partial charge is 0.370 e. The maximum Gasteiger partial charge on any atom is 0.249 e. The van der Waals surface area contributed by atoms with Crippen LogP contribution < -0.4 is 4.90 Å². The summed E-state index contributed by atoms with van der Waals surface area (Å²) < 4.78 is 5.25. The molecule has 2 aliphatic rings. The molecule has 8 nitrogen and oxygen atoms in total. The summed E-state index contributed by atoms with van der Waals surface area (Å²) in [5, 5.41) is 8.95. The number of likely N-dealkylation sites (N-methyl/N-ethyl adjacent to an activating group) is 1. The summed E-state index contributed by atoms with van der Waals surface area (Å²) in [5.41, 5.74) is 6.54. The monoisotopic (exact) mass is 449 g/mol. The summed E-state index contributed by atoms with van der Waals surface area (Å²) in [6, 6.07) is 7.93. The second-order valence-corrected chi connectivity index (χ2v) is 10.2. The Bertz CT molecular complexity index is 1220. The van der Waals surface area contributed by atoms with Gasteiger partial charge in [0.15, 0.2) is 0 Å². The third-order valence-electron chi connectivity index (χ3n) is 7.03. The van der Waals surface area contributed by atoms with Crippen molar-refractivity contribution in [2.24, 2.45) is 5.41 Å². The number of hydrogen-bond donors (Lipinski definition) is 2. The van der Waals surface area contributed by atoms with Gasteiger partial charge in [-0.3, -0.25) is 14.7 Å². The van der Waals surface area contributed by atoms with Crippen LogP contribution in [0.3, 0.4) is 0 Å². The number of nitrogens with one attached hydrogen (secondary N) is 2. The van der Waals surface area contributed by atoms with Crippen molar-refractivity contribution in [3.63, 3.8) is 0 Å². The van der Waals surface area contributed by atoms with Crippen LogP contribution in [-0.4, -0.2) is 64.7 Å². The number of ether oxygens (including phenoxy) is 1. The molecule has 0 saturated carbocycles. The maximum absolute atomic E-state index is 12.9. The van der Waals surface area contributed by atoms with Gasteiger partial charge in [0.2, 0.25) is 11.8 Å². The molecule has 0 unspecified atom stereocenters. The lowest BCUT2D eigenvalue weighted by molar-refractivity contribution is -0.149. The number of hydrogen-bond acceptors (Lipinski definition) is 4. The summed E-state index contributed by atoms with van der Waals surface area (Å²) in [5.74, 6) is -0.280. The van der Waals surface area contributed by atoms with E-state index in [-0.39, 0.29) is 31.0 Å². The number of aromatic amines is 2. The summed E-state index contributed by atoms with van der Waals surface area (Å²) in [6.45, 7) is 7.03. The summed E-state index contributed by atoms with van der Waals surface area (Å²) >= 11 is 0.